The Labute approximate surface area is 380 Å². The fourth-order valence-electron chi connectivity index (χ4n) is 8.93. The molecule has 1 aromatic heterocycles. The smallest absolute Gasteiger partial charge is 0.411 e. The molecule has 346 valence electrons. The third-order valence-electron chi connectivity index (χ3n) is 11.9. The highest BCUT2D eigenvalue weighted by molar-refractivity contribution is 8.13. The zero-order valence-electron chi connectivity index (χ0n) is 36.9. The summed E-state index contributed by atoms with van der Waals surface area (Å²) in [6.45, 7) is 7.51. The summed E-state index contributed by atoms with van der Waals surface area (Å²) in [4.78, 5) is 61.3. The van der Waals surface area contributed by atoms with E-state index in [2.05, 4.69) is 44.3 Å². The SMILES string of the molecule is COC(=O)NC1=C2C#C/C=C\C#C[C@H](OC3OC(C)C(C(=O)C4=NCCc5c4[nH]c4ccc(O)cc54)C(O)C3OC3CC(OC)C(NC(C)C)CO3)C2/C(=C\CSC(C)=O)[C@@H](O)CC1=O. The van der Waals surface area contributed by atoms with Crippen LogP contribution in [0.2, 0.25) is 0 Å². The van der Waals surface area contributed by atoms with Crippen molar-refractivity contribution in [2.45, 2.75) is 108 Å². The van der Waals surface area contributed by atoms with E-state index in [1.54, 1.807) is 38.3 Å². The molecule has 0 radical (unpaired) electrons. The average molecular weight is 915 g/mol. The number of thioether (sulfide) groups is 1. The van der Waals surface area contributed by atoms with Crippen LogP contribution in [-0.4, -0.2) is 143 Å². The first-order valence-corrected chi connectivity index (χ1v) is 22.5. The van der Waals surface area contributed by atoms with Gasteiger partial charge in [0.15, 0.2) is 29.3 Å². The third-order valence-corrected chi connectivity index (χ3v) is 12.6. The molecule has 2 saturated heterocycles. The summed E-state index contributed by atoms with van der Waals surface area (Å²) in [7, 11) is 2.72. The molecule has 2 aromatic rings. The van der Waals surface area contributed by atoms with Gasteiger partial charge in [-0.2, -0.15) is 0 Å². The molecule has 11 atom stereocenters. The molecule has 3 aliphatic heterocycles. The molecule has 5 aliphatic rings. The van der Waals surface area contributed by atoms with Crippen LogP contribution < -0.4 is 10.6 Å². The van der Waals surface area contributed by atoms with Gasteiger partial charge in [-0.25, -0.2) is 4.79 Å². The van der Waals surface area contributed by atoms with Crippen LogP contribution in [0.3, 0.4) is 0 Å². The molecular weight excluding hydrogens is 861 g/mol. The Kier molecular flexibility index (Phi) is 15.5. The number of allylic oxidation sites excluding steroid dienone is 3. The molecule has 2 aliphatic carbocycles. The van der Waals surface area contributed by atoms with E-state index in [0.29, 0.717) is 17.6 Å². The first kappa shape index (κ1) is 47.8. The lowest BCUT2D eigenvalue weighted by atomic mass is 9.82. The number of aromatic amines is 1. The van der Waals surface area contributed by atoms with Gasteiger partial charge in [0, 0.05) is 61.7 Å². The number of Topliss-reactive ketones (excluding diaryl/α,β-unsaturated/α-hetero) is 2. The predicted octanol–water partition coefficient (Wildman–Crippen LogP) is 2.75. The molecule has 0 bridgehead atoms. The number of carbonyl (C=O) groups is 4. The zero-order chi connectivity index (χ0) is 46.5. The van der Waals surface area contributed by atoms with Crippen LogP contribution in [-0.2, 0) is 49.2 Å². The minimum atomic E-state index is -1.60. The number of hydrogen-bond donors (Lipinski definition) is 6. The first-order chi connectivity index (χ1) is 31.2. The van der Waals surface area contributed by atoms with Crippen LogP contribution >= 0.6 is 11.8 Å². The van der Waals surface area contributed by atoms with Crippen LogP contribution in [0, 0.1) is 35.5 Å². The molecule has 6 N–H and O–H groups in total. The van der Waals surface area contributed by atoms with E-state index in [0.717, 1.165) is 29.8 Å². The van der Waals surface area contributed by atoms with Crippen molar-refractivity contribution >= 4 is 51.2 Å². The highest BCUT2D eigenvalue weighted by Crippen LogP contribution is 2.40. The van der Waals surface area contributed by atoms with Crippen LogP contribution in [0.15, 0.2) is 58.3 Å². The molecular formula is C47H54N4O13S. The number of carbonyl (C=O) groups excluding carboxylic acids is 4. The summed E-state index contributed by atoms with van der Waals surface area (Å²) < 4.78 is 36.9. The Morgan fingerprint density at radius 3 is 2.66 bits per heavy atom. The number of ketones is 2. The highest BCUT2D eigenvalue weighted by Gasteiger charge is 2.52. The number of fused-ring (bicyclic) bond motifs is 4. The molecule has 0 saturated carbocycles. The number of H-pyrrole nitrogens is 1. The van der Waals surface area contributed by atoms with Gasteiger partial charge in [0.25, 0.3) is 0 Å². The van der Waals surface area contributed by atoms with Crippen LogP contribution in [0.4, 0.5) is 4.79 Å². The van der Waals surface area contributed by atoms with Gasteiger partial charge >= 0.3 is 6.09 Å². The number of phenolic OH excluding ortho intramolecular Hbond substituents is 1. The predicted molar refractivity (Wildman–Crippen MR) is 238 cm³/mol. The van der Waals surface area contributed by atoms with Crippen molar-refractivity contribution < 1.29 is 62.9 Å². The maximum atomic E-state index is 14.8. The molecule has 2 fully saturated rings. The molecule has 65 heavy (non-hydrogen) atoms. The van der Waals surface area contributed by atoms with Crippen LogP contribution in [0.1, 0.15) is 51.8 Å². The molecule has 17 nitrogen and oxygen atoms in total. The minimum Gasteiger partial charge on any atom is -0.508 e. The van der Waals surface area contributed by atoms with E-state index in [9.17, 15) is 34.5 Å². The number of aromatic hydroxyl groups is 1. The fraction of sp³-hybridized carbons (Fsp3) is 0.511. The Hall–Kier alpha value is -5.12. The van der Waals surface area contributed by atoms with E-state index in [-0.39, 0.29) is 76.9 Å². The number of phenols is 1. The van der Waals surface area contributed by atoms with Crippen LogP contribution in [0.25, 0.3) is 10.9 Å². The molecule has 9 unspecified atom stereocenters. The summed E-state index contributed by atoms with van der Waals surface area (Å²) in [6, 6.07) is 4.85. The van der Waals surface area contributed by atoms with Crippen molar-refractivity contribution in [1.29, 1.82) is 0 Å². The quantitative estimate of drug-likeness (QED) is 0.133. The normalized spacial score (nSPS) is 31.2. The van der Waals surface area contributed by atoms with Gasteiger partial charge in [-0.05, 0) is 54.8 Å². The Balaban J connectivity index is 1.29. The van der Waals surface area contributed by atoms with Crippen molar-refractivity contribution in [2.24, 2.45) is 16.8 Å². The number of nitrogens with zero attached hydrogens (tertiary/aromatic N) is 1. The average Bonchev–Trinajstić information content (AvgIpc) is 3.64. The van der Waals surface area contributed by atoms with E-state index < -0.39 is 79.0 Å². The number of methoxy groups -OCH3 is 2. The summed E-state index contributed by atoms with van der Waals surface area (Å²) in [5.74, 6) is 8.38. The summed E-state index contributed by atoms with van der Waals surface area (Å²) in [5.41, 5.74) is 2.13. The molecule has 4 heterocycles. The number of benzene rings is 1. The standard InChI is InChI=1S/C47H54N4O13S/c1-23(2)49-32-22-61-37(21-36(32)59-5)64-45-44(57)38(43(56)42-41-27(15-17-48-42)30-19-26(53)13-14-31(30)50-41)24(3)62-46(45)63-35-12-10-8-7-9-11-29-39(35)28(16-18-65-25(4)52)33(54)20-34(55)40(29)51-47(58)60-6/h7-8,13-14,16,19,23-24,32-33,35-39,44-46,49-50,53-54,57H,15,17-18,20-22H2,1-6H3,(H,51,58)/b8-7-,28-16-/t24?,32?,33-,35-,36?,37?,38?,39?,44?,45?,46?/m0/s1. The number of ether oxygens (including phenoxy) is 6. The Morgan fingerprint density at radius 1 is 1.14 bits per heavy atom. The van der Waals surface area contributed by atoms with E-state index in [4.69, 9.17) is 28.4 Å². The number of aliphatic hydroxyl groups excluding tert-OH is 2. The first-order valence-electron chi connectivity index (χ1n) is 21.5. The summed E-state index contributed by atoms with van der Waals surface area (Å²) >= 11 is 0.973. The van der Waals surface area contributed by atoms with Gasteiger partial charge in [0.05, 0.1) is 67.4 Å². The number of aliphatic hydroxyl groups is 2. The Morgan fingerprint density at radius 2 is 1.92 bits per heavy atom. The second kappa shape index (κ2) is 21.0. The third kappa shape index (κ3) is 10.6. The lowest BCUT2D eigenvalue weighted by molar-refractivity contribution is -0.331. The lowest BCUT2D eigenvalue weighted by Gasteiger charge is -2.46. The van der Waals surface area contributed by atoms with Gasteiger partial charge < -0.3 is 54.0 Å². The number of aromatic nitrogens is 1. The molecule has 0 spiro atoms. The van der Waals surface area contributed by atoms with Crippen molar-refractivity contribution in [3.8, 4) is 29.4 Å². The van der Waals surface area contributed by atoms with Crippen molar-refractivity contribution in [3.63, 3.8) is 0 Å². The second-order valence-electron chi connectivity index (χ2n) is 16.6. The lowest BCUT2D eigenvalue weighted by Crippen LogP contribution is -2.61. The maximum Gasteiger partial charge on any atom is 0.411 e. The summed E-state index contributed by atoms with van der Waals surface area (Å²) in [5, 5.41) is 41.0. The van der Waals surface area contributed by atoms with Gasteiger partial charge in [-0.15, -0.1) is 0 Å². The van der Waals surface area contributed by atoms with Crippen molar-refractivity contribution in [3.05, 3.63) is 64.5 Å². The largest absolute Gasteiger partial charge is 0.508 e. The van der Waals surface area contributed by atoms with Crippen molar-refractivity contribution in [2.75, 3.05) is 33.1 Å². The number of amides is 1. The number of nitrogens with one attached hydrogen (secondary N) is 3. The highest BCUT2D eigenvalue weighted by atomic mass is 32.2. The molecule has 7 rings (SSSR count). The van der Waals surface area contributed by atoms with E-state index in [1.807, 2.05) is 13.8 Å². The number of rotatable bonds is 12. The van der Waals surface area contributed by atoms with Gasteiger partial charge in [0.2, 0.25) is 0 Å². The summed E-state index contributed by atoms with van der Waals surface area (Å²) in [6.07, 6.45) is -5.84. The van der Waals surface area contributed by atoms with Crippen LogP contribution in [0.5, 0.6) is 5.75 Å². The topological polar surface area (TPSA) is 237 Å². The molecule has 18 heteroatoms. The van der Waals surface area contributed by atoms with E-state index in [1.165, 1.54) is 19.1 Å². The monoisotopic (exact) mass is 914 g/mol. The molecule has 1 aromatic carbocycles. The van der Waals surface area contributed by atoms with Gasteiger partial charge in [-0.3, -0.25) is 24.7 Å². The Bertz CT molecular complexity index is 2440. The second-order valence-corrected chi connectivity index (χ2v) is 17.8. The number of hydrogen-bond acceptors (Lipinski definition) is 16. The maximum absolute atomic E-state index is 14.8. The van der Waals surface area contributed by atoms with Gasteiger partial charge in [-0.1, -0.05) is 55.4 Å². The molecule has 1 amide bonds. The van der Waals surface area contributed by atoms with Crippen molar-refractivity contribution in [1.82, 2.24) is 15.6 Å². The van der Waals surface area contributed by atoms with Gasteiger partial charge in [0.1, 0.15) is 23.7 Å². The minimum absolute atomic E-state index is 0.0387. The zero-order valence-corrected chi connectivity index (χ0v) is 37.7. The van der Waals surface area contributed by atoms with E-state index >= 15 is 0 Å². The number of aliphatic imine (C=N–C) groups is 1. The number of alkyl carbamates (subject to hydrolysis) is 1. The fourth-order valence-corrected chi connectivity index (χ4v) is 9.44.